The molecule has 0 radical (unpaired) electrons. The average Bonchev–Trinajstić information content (AvgIpc) is 2.84. The monoisotopic (exact) mass is 321 g/mol. The number of rotatable bonds is 5. The minimum Gasteiger partial charge on any atom is -0.378 e. The normalized spacial score (nSPS) is 26.4. The van der Waals surface area contributed by atoms with Crippen molar-refractivity contribution in [3.8, 4) is 0 Å². The molecule has 2 unspecified atom stereocenters. The molecule has 3 rings (SSSR count). The van der Waals surface area contributed by atoms with E-state index in [-0.39, 0.29) is 0 Å². The standard InChI is InChI=1S/C17H27N3OS/c1-4-21-15-10-14(17(15)7-5-8-17)20-16(18-3)19-11-13-12(2)6-9-22-13/h6,9,14-15H,4-5,7-8,10-11H2,1-3H3,(H2,18,19,20). The van der Waals surface area contributed by atoms with Gasteiger partial charge < -0.3 is 15.4 Å². The molecule has 22 heavy (non-hydrogen) atoms. The van der Waals surface area contributed by atoms with Gasteiger partial charge in [-0.1, -0.05) is 6.42 Å². The molecule has 2 fully saturated rings. The Bertz CT molecular complexity index is 536. The van der Waals surface area contributed by atoms with Crippen LogP contribution in [0.1, 0.15) is 43.0 Å². The summed E-state index contributed by atoms with van der Waals surface area (Å²) < 4.78 is 5.92. The van der Waals surface area contributed by atoms with Crippen molar-refractivity contribution in [3.05, 3.63) is 21.9 Å². The summed E-state index contributed by atoms with van der Waals surface area (Å²) in [6, 6.07) is 2.67. The Morgan fingerprint density at radius 3 is 2.86 bits per heavy atom. The van der Waals surface area contributed by atoms with Crippen molar-refractivity contribution in [3.63, 3.8) is 0 Å². The van der Waals surface area contributed by atoms with Crippen LogP contribution in [-0.4, -0.2) is 31.8 Å². The van der Waals surface area contributed by atoms with E-state index in [1.54, 1.807) is 11.3 Å². The maximum absolute atomic E-state index is 5.92. The molecule has 0 saturated heterocycles. The highest BCUT2D eigenvalue weighted by molar-refractivity contribution is 7.10. The van der Waals surface area contributed by atoms with Gasteiger partial charge in [-0.3, -0.25) is 4.99 Å². The lowest BCUT2D eigenvalue weighted by atomic mass is 9.51. The molecule has 0 amide bonds. The summed E-state index contributed by atoms with van der Waals surface area (Å²) in [5, 5.41) is 9.23. The molecular formula is C17H27N3OS. The van der Waals surface area contributed by atoms with Gasteiger partial charge in [0.05, 0.1) is 12.6 Å². The van der Waals surface area contributed by atoms with Gasteiger partial charge in [0.25, 0.3) is 0 Å². The first-order valence-electron chi connectivity index (χ1n) is 8.31. The van der Waals surface area contributed by atoms with Crippen molar-refractivity contribution in [1.29, 1.82) is 0 Å². The third-order valence-corrected chi connectivity index (χ3v) is 6.38. The number of thiophene rings is 1. The van der Waals surface area contributed by atoms with Crippen LogP contribution in [0.5, 0.6) is 0 Å². The fraction of sp³-hybridized carbons (Fsp3) is 0.706. The van der Waals surface area contributed by atoms with Crippen molar-refractivity contribution < 1.29 is 4.74 Å². The Hall–Kier alpha value is -1.07. The highest BCUT2D eigenvalue weighted by Crippen LogP contribution is 2.57. The van der Waals surface area contributed by atoms with Crippen LogP contribution in [0.2, 0.25) is 0 Å². The van der Waals surface area contributed by atoms with Gasteiger partial charge in [-0.2, -0.15) is 0 Å². The number of ether oxygens (including phenoxy) is 1. The lowest BCUT2D eigenvalue weighted by Gasteiger charge is -2.61. The van der Waals surface area contributed by atoms with E-state index in [1.807, 2.05) is 7.05 Å². The minimum absolute atomic E-state index is 0.368. The summed E-state index contributed by atoms with van der Waals surface area (Å²) >= 11 is 1.80. The third kappa shape index (κ3) is 2.76. The Morgan fingerprint density at radius 1 is 1.50 bits per heavy atom. The summed E-state index contributed by atoms with van der Waals surface area (Å²) in [5.41, 5.74) is 1.72. The number of guanidine groups is 1. The third-order valence-electron chi connectivity index (χ3n) is 5.36. The number of hydrogen-bond donors (Lipinski definition) is 2. The minimum atomic E-state index is 0.368. The lowest BCUT2D eigenvalue weighted by molar-refractivity contribution is -0.168. The van der Waals surface area contributed by atoms with E-state index in [0.717, 1.165) is 25.5 Å². The fourth-order valence-electron chi connectivity index (χ4n) is 3.75. The molecule has 2 atom stereocenters. The SMILES string of the molecule is CCOC1CC(NC(=NC)NCc2sccc2C)C12CCC2. The Labute approximate surface area is 137 Å². The Morgan fingerprint density at radius 2 is 2.32 bits per heavy atom. The first kappa shape index (κ1) is 15.8. The van der Waals surface area contributed by atoms with Gasteiger partial charge in [-0.05, 0) is 50.1 Å². The second kappa shape index (κ2) is 6.59. The van der Waals surface area contributed by atoms with Crippen molar-refractivity contribution >= 4 is 17.3 Å². The van der Waals surface area contributed by atoms with Crippen molar-refractivity contribution in [2.45, 2.75) is 58.2 Å². The van der Waals surface area contributed by atoms with Gasteiger partial charge in [0.2, 0.25) is 0 Å². The summed E-state index contributed by atoms with van der Waals surface area (Å²) in [4.78, 5) is 5.77. The molecule has 0 aliphatic heterocycles. The van der Waals surface area contributed by atoms with Gasteiger partial charge in [-0.25, -0.2) is 0 Å². The molecule has 0 aromatic carbocycles. The van der Waals surface area contributed by atoms with Crippen molar-refractivity contribution in [1.82, 2.24) is 10.6 Å². The molecule has 1 spiro atoms. The van der Waals surface area contributed by atoms with E-state index >= 15 is 0 Å². The molecule has 1 aromatic heterocycles. The van der Waals surface area contributed by atoms with Gasteiger partial charge in [0.1, 0.15) is 0 Å². The lowest BCUT2D eigenvalue weighted by Crippen LogP contribution is -2.68. The molecule has 2 aliphatic carbocycles. The molecule has 4 nitrogen and oxygen atoms in total. The molecule has 1 heterocycles. The summed E-state index contributed by atoms with van der Waals surface area (Å²) in [5.74, 6) is 0.916. The average molecular weight is 321 g/mol. The number of nitrogens with zero attached hydrogens (tertiary/aromatic N) is 1. The number of nitrogens with one attached hydrogen (secondary N) is 2. The highest BCUT2D eigenvalue weighted by atomic mass is 32.1. The molecule has 1 aromatic rings. The van der Waals surface area contributed by atoms with Crippen LogP contribution in [0.4, 0.5) is 0 Å². The maximum atomic E-state index is 5.92. The topological polar surface area (TPSA) is 45.6 Å². The maximum Gasteiger partial charge on any atom is 0.191 e. The van der Waals surface area contributed by atoms with E-state index < -0.39 is 0 Å². The van der Waals surface area contributed by atoms with Gasteiger partial charge in [0.15, 0.2) is 5.96 Å². The van der Waals surface area contributed by atoms with Crippen LogP contribution in [0.25, 0.3) is 0 Å². The molecule has 2 aliphatic rings. The summed E-state index contributed by atoms with van der Waals surface area (Å²) in [6.07, 6.45) is 5.46. The van der Waals surface area contributed by atoms with Crippen LogP contribution < -0.4 is 10.6 Å². The molecule has 122 valence electrons. The molecular weight excluding hydrogens is 294 g/mol. The first-order valence-corrected chi connectivity index (χ1v) is 9.19. The predicted molar refractivity (Wildman–Crippen MR) is 92.5 cm³/mol. The van der Waals surface area contributed by atoms with Gasteiger partial charge in [-0.15, -0.1) is 11.3 Å². The van der Waals surface area contributed by atoms with E-state index in [9.17, 15) is 0 Å². The van der Waals surface area contributed by atoms with Crippen LogP contribution in [0.15, 0.2) is 16.4 Å². The number of aliphatic imine (C=N–C) groups is 1. The highest BCUT2D eigenvalue weighted by Gasteiger charge is 2.59. The second-order valence-corrected chi connectivity index (χ2v) is 7.42. The largest absolute Gasteiger partial charge is 0.378 e. The molecule has 5 heteroatoms. The molecule has 0 bridgehead atoms. The zero-order valence-electron chi connectivity index (χ0n) is 13.8. The predicted octanol–water partition coefficient (Wildman–Crippen LogP) is 3.07. The van der Waals surface area contributed by atoms with Crippen LogP contribution in [0.3, 0.4) is 0 Å². The Balaban J connectivity index is 1.54. The van der Waals surface area contributed by atoms with E-state index in [0.29, 0.717) is 17.6 Å². The van der Waals surface area contributed by atoms with Gasteiger partial charge >= 0.3 is 0 Å². The summed E-state index contributed by atoms with van der Waals surface area (Å²) in [7, 11) is 1.85. The summed E-state index contributed by atoms with van der Waals surface area (Å²) in [6.45, 7) is 5.92. The second-order valence-electron chi connectivity index (χ2n) is 6.42. The molecule has 2 N–H and O–H groups in total. The first-order chi connectivity index (χ1) is 10.7. The van der Waals surface area contributed by atoms with Gasteiger partial charge in [0, 0.05) is 30.0 Å². The number of hydrogen-bond acceptors (Lipinski definition) is 3. The van der Waals surface area contributed by atoms with E-state index in [1.165, 1.54) is 29.7 Å². The smallest absolute Gasteiger partial charge is 0.191 e. The quantitative estimate of drug-likeness (QED) is 0.647. The van der Waals surface area contributed by atoms with Crippen LogP contribution >= 0.6 is 11.3 Å². The van der Waals surface area contributed by atoms with Crippen molar-refractivity contribution in [2.24, 2.45) is 10.4 Å². The van der Waals surface area contributed by atoms with E-state index in [4.69, 9.17) is 4.74 Å². The molecule has 2 saturated carbocycles. The zero-order valence-corrected chi connectivity index (χ0v) is 14.6. The fourth-order valence-corrected chi connectivity index (χ4v) is 4.60. The Kier molecular flexibility index (Phi) is 4.73. The van der Waals surface area contributed by atoms with Crippen LogP contribution in [0, 0.1) is 12.3 Å². The van der Waals surface area contributed by atoms with E-state index in [2.05, 4.69) is 40.9 Å². The zero-order chi connectivity index (χ0) is 15.6. The number of aryl methyl sites for hydroxylation is 1. The van der Waals surface area contributed by atoms with Crippen molar-refractivity contribution in [2.75, 3.05) is 13.7 Å². The van der Waals surface area contributed by atoms with Crippen LogP contribution in [-0.2, 0) is 11.3 Å².